The van der Waals surface area contributed by atoms with Crippen molar-refractivity contribution in [2.45, 2.75) is 44.7 Å². The van der Waals surface area contributed by atoms with Gasteiger partial charge in [-0.15, -0.1) is 0 Å². The first-order chi connectivity index (χ1) is 11.1. The van der Waals surface area contributed by atoms with Crippen LogP contribution in [-0.4, -0.2) is 28.6 Å². The molecular weight excluding hydrogens is 290 g/mol. The smallest absolute Gasteiger partial charge is 0.320 e. The average Bonchev–Trinajstić information content (AvgIpc) is 3.20. The summed E-state index contributed by atoms with van der Waals surface area (Å²) >= 11 is 0. The molecule has 0 radical (unpaired) electrons. The second-order valence-electron chi connectivity index (χ2n) is 6.47. The lowest BCUT2D eigenvalue weighted by molar-refractivity contribution is -0.142. The van der Waals surface area contributed by atoms with Crippen molar-refractivity contribution in [3.8, 4) is 0 Å². The summed E-state index contributed by atoms with van der Waals surface area (Å²) < 4.78 is 5.63. The Morgan fingerprint density at radius 2 is 1.91 bits per heavy atom. The van der Waals surface area contributed by atoms with Gasteiger partial charge < -0.3 is 9.52 Å². The van der Waals surface area contributed by atoms with Gasteiger partial charge in [0.25, 0.3) is 0 Å². The van der Waals surface area contributed by atoms with E-state index in [-0.39, 0.29) is 6.04 Å². The minimum Gasteiger partial charge on any atom is -0.480 e. The summed E-state index contributed by atoms with van der Waals surface area (Å²) in [5.74, 6) is 0.526. The third-order valence-electron chi connectivity index (χ3n) is 4.64. The van der Waals surface area contributed by atoms with Gasteiger partial charge in [-0.05, 0) is 42.0 Å². The van der Waals surface area contributed by atoms with Crippen molar-refractivity contribution in [1.29, 1.82) is 0 Å². The van der Waals surface area contributed by atoms with Crippen molar-refractivity contribution in [2.24, 2.45) is 0 Å². The fourth-order valence-corrected chi connectivity index (χ4v) is 3.39. The molecule has 0 aliphatic carbocycles. The third-order valence-corrected chi connectivity index (χ3v) is 4.64. The lowest BCUT2D eigenvalue weighted by Gasteiger charge is -2.30. The number of hydrogen-bond acceptors (Lipinski definition) is 3. The molecule has 2 aromatic rings. The minimum absolute atomic E-state index is 0.144. The van der Waals surface area contributed by atoms with Crippen molar-refractivity contribution in [3.05, 3.63) is 59.5 Å². The zero-order chi connectivity index (χ0) is 16.4. The molecule has 0 bridgehead atoms. The van der Waals surface area contributed by atoms with Gasteiger partial charge in [0.05, 0.1) is 12.3 Å². The van der Waals surface area contributed by atoms with Crippen LogP contribution in [0.3, 0.4) is 0 Å². The maximum absolute atomic E-state index is 11.6. The Morgan fingerprint density at radius 3 is 2.48 bits per heavy atom. The molecule has 1 fully saturated rings. The lowest BCUT2D eigenvalue weighted by Crippen LogP contribution is -2.39. The van der Waals surface area contributed by atoms with E-state index in [0.717, 1.165) is 24.3 Å². The van der Waals surface area contributed by atoms with E-state index in [4.69, 9.17) is 4.42 Å². The first kappa shape index (κ1) is 15.8. The molecule has 1 aromatic carbocycles. The number of carboxylic acids is 1. The lowest BCUT2D eigenvalue weighted by atomic mass is 9.97. The van der Waals surface area contributed by atoms with Crippen LogP contribution in [0.5, 0.6) is 0 Å². The van der Waals surface area contributed by atoms with Crippen LogP contribution in [-0.2, 0) is 4.79 Å². The van der Waals surface area contributed by atoms with E-state index in [1.54, 1.807) is 6.26 Å². The van der Waals surface area contributed by atoms with E-state index in [9.17, 15) is 9.90 Å². The van der Waals surface area contributed by atoms with Gasteiger partial charge in [-0.25, -0.2) is 0 Å². The van der Waals surface area contributed by atoms with Crippen LogP contribution in [0, 0.1) is 0 Å². The third kappa shape index (κ3) is 3.17. The van der Waals surface area contributed by atoms with Gasteiger partial charge in [-0.3, -0.25) is 9.69 Å². The highest BCUT2D eigenvalue weighted by molar-refractivity contribution is 5.74. The van der Waals surface area contributed by atoms with Gasteiger partial charge in [0.2, 0.25) is 0 Å². The molecule has 1 aliphatic heterocycles. The zero-order valence-electron chi connectivity index (χ0n) is 13.6. The van der Waals surface area contributed by atoms with Crippen molar-refractivity contribution in [3.63, 3.8) is 0 Å². The number of aliphatic carboxylic acids is 1. The number of carbonyl (C=O) groups is 1. The van der Waals surface area contributed by atoms with E-state index in [1.165, 1.54) is 5.56 Å². The van der Waals surface area contributed by atoms with Crippen molar-refractivity contribution in [1.82, 2.24) is 4.90 Å². The van der Waals surface area contributed by atoms with Crippen LogP contribution in [0.1, 0.15) is 55.5 Å². The molecule has 23 heavy (non-hydrogen) atoms. The molecule has 2 unspecified atom stereocenters. The number of rotatable bonds is 5. The van der Waals surface area contributed by atoms with E-state index in [2.05, 4.69) is 38.1 Å². The summed E-state index contributed by atoms with van der Waals surface area (Å²) in [6.45, 7) is 5.11. The number of likely N-dealkylation sites (tertiary alicyclic amines) is 1. The predicted octanol–water partition coefficient (Wildman–Crippen LogP) is 4.04. The SMILES string of the molecule is CC(C)c1ccc(C(c2ccco2)N2CCCC2C(=O)O)cc1. The standard InChI is InChI=1S/C19H23NO3/c1-13(2)14-7-9-15(10-8-14)18(17-6-4-12-23-17)20-11-3-5-16(20)19(21)22/h4,6-10,12-13,16,18H,3,5,11H2,1-2H3,(H,21,22). The van der Waals surface area contributed by atoms with Crippen LogP contribution in [0.15, 0.2) is 47.1 Å². The van der Waals surface area contributed by atoms with Crippen molar-refractivity contribution in [2.75, 3.05) is 6.54 Å². The Morgan fingerprint density at radius 1 is 1.22 bits per heavy atom. The molecule has 3 rings (SSSR count). The Kier molecular flexibility index (Phi) is 4.53. The number of carboxylic acid groups (broad SMARTS) is 1. The summed E-state index contributed by atoms with van der Waals surface area (Å²) in [5.41, 5.74) is 2.36. The van der Waals surface area contributed by atoms with E-state index < -0.39 is 12.0 Å². The van der Waals surface area contributed by atoms with Gasteiger partial charge >= 0.3 is 5.97 Å². The second kappa shape index (κ2) is 6.59. The number of nitrogens with zero attached hydrogens (tertiary/aromatic N) is 1. The van der Waals surface area contributed by atoms with Gasteiger partial charge in [-0.2, -0.15) is 0 Å². The number of hydrogen-bond donors (Lipinski definition) is 1. The molecule has 1 aromatic heterocycles. The minimum atomic E-state index is -0.752. The molecule has 1 saturated heterocycles. The molecule has 122 valence electrons. The fourth-order valence-electron chi connectivity index (χ4n) is 3.39. The van der Waals surface area contributed by atoms with Crippen LogP contribution in [0.2, 0.25) is 0 Å². The van der Waals surface area contributed by atoms with Gasteiger partial charge in [0.15, 0.2) is 0 Å². The topological polar surface area (TPSA) is 53.7 Å². The first-order valence-corrected chi connectivity index (χ1v) is 8.19. The number of benzene rings is 1. The van der Waals surface area contributed by atoms with Gasteiger partial charge in [0.1, 0.15) is 11.8 Å². The molecule has 0 saturated carbocycles. The van der Waals surface area contributed by atoms with Crippen LogP contribution >= 0.6 is 0 Å². The second-order valence-corrected chi connectivity index (χ2v) is 6.47. The molecule has 1 N–H and O–H groups in total. The largest absolute Gasteiger partial charge is 0.480 e. The highest BCUT2D eigenvalue weighted by Crippen LogP contribution is 2.35. The Hall–Kier alpha value is -2.07. The Balaban J connectivity index is 1.98. The molecule has 4 heteroatoms. The molecule has 2 heterocycles. The van der Waals surface area contributed by atoms with Gasteiger partial charge in [-0.1, -0.05) is 38.1 Å². The number of furan rings is 1. The molecule has 4 nitrogen and oxygen atoms in total. The quantitative estimate of drug-likeness (QED) is 0.905. The molecule has 0 spiro atoms. The highest BCUT2D eigenvalue weighted by atomic mass is 16.4. The molecule has 0 amide bonds. The maximum Gasteiger partial charge on any atom is 0.320 e. The van der Waals surface area contributed by atoms with Crippen LogP contribution in [0.25, 0.3) is 0 Å². The predicted molar refractivity (Wildman–Crippen MR) is 88.4 cm³/mol. The fraction of sp³-hybridized carbons (Fsp3) is 0.421. The van der Waals surface area contributed by atoms with E-state index in [0.29, 0.717) is 12.3 Å². The zero-order valence-corrected chi connectivity index (χ0v) is 13.6. The molecular formula is C19H23NO3. The monoisotopic (exact) mass is 313 g/mol. The summed E-state index contributed by atoms with van der Waals surface area (Å²) in [6.07, 6.45) is 3.24. The Bertz CT molecular complexity index is 646. The normalized spacial score (nSPS) is 20.0. The van der Waals surface area contributed by atoms with E-state index in [1.807, 2.05) is 17.0 Å². The Labute approximate surface area is 136 Å². The first-order valence-electron chi connectivity index (χ1n) is 8.19. The van der Waals surface area contributed by atoms with E-state index >= 15 is 0 Å². The summed E-state index contributed by atoms with van der Waals surface area (Å²) in [6, 6.07) is 11.6. The van der Waals surface area contributed by atoms with Crippen LogP contribution in [0.4, 0.5) is 0 Å². The maximum atomic E-state index is 11.6. The van der Waals surface area contributed by atoms with Crippen molar-refractivity contribution < 1.29 is 14.3 Å². The summed E-state index contributed by atoms with van der Waals surface area (Å²) in [5, 5.41) is 9.52. The highest BCUT2D eigenvalue weighted by Gasteiger charge is 2.37. The summed E-state index contributed by atoms with van der Waals surface area (Å²) in [7, 11) is 0. The van der Waals surface area contributed by atoms with Crippen LogP contribution < -0.4 is 0 Å². The van der Waals surface area contributed by atoms with Gasteiger partial charge in [0, 0.05) is 6.54 Å². The van der Waals surface area contributed by atoms with Crippen molar-refractivity contribution >= 4 is 5.97 Å². The summed E-state index contributed by atoms with van der Waals surface area (Å²) in [4.78, 5) is 13.6. The average molecular weight is 313 g/mol. The molecule has 1 aliphatic rings. The molecule has 2 atom stereocenters.